The Balaban J connectivity index is 1.49. The van der Waals surface area contributed by atoms with Crippen molar-refractivity contribution < 1.29 is 23.7 Å². The first-order valence-corrected chi connectivity index (χ1v) is 14.4. The molecule has 168 valence electrons. The number of nitrogens with zero attached hydrogens (tertiary/aromatic N) is 1. The van der Waals surface area contributed by atoms with E-state index in [1.807, 2.05) is 12.1 Å². The maximum atomic E-state index is 12.2. The molecule has 0 saturated carbocycles. The number of amides is 1. The van der Waals surface area contributed by atoms with Crippen molar-refractivity contribution in [2.45, 2.75) is 63.8 Å². The summed E-state index contributed by atoms with van der Waals surface area (Å²) >= 11 is 0. The zero-order valence-electron chi connectivity index (χ0n) is 19.1. The lowest BCUT2D eigenvalue weighted by atomic mass is 9.94. The van der Waals surface area contributed by atoms with Gasteiger partial charge in [-0.1, -0.05) is 19.6 Å². The van der Waals surface area contributed by atoms with Gasteiger partial charge < -0.3 is 29.6 Å². The van der Waals surface area contributed by atoms with Crippen molar-refractivity contribution in [2.24, 2.45) is 0 Å². The number of fused-ring (bicyclic) bond motifs is 1. The van der Waals surface area contributed by atoms with Gasteiger partial charge in [-0.05, 0) is 37.6 Å². The average molecular weight is 437 g/mol. The topological polar surface area (TPSA) is 83.3 Å². The molecule has 3 rings (SSSR count). The van der Waals surface area contributed by atoms with Crippen LogP contribution in [0.3, 0.4) is 0 Å². The van der Waals surface area contributed by atoms with E-state index in [9.17, 15) is 4.79 Å². The fraction of sp³-hybridized carbons (Fsp3) is 0.682. The molecule has 0 spiro atoms. The number of anilines is 1. The van der Waals surface area contributed by atoms with Crippen LogP contribution >= 0.6 is 0 Å². The third kappa shape index (κ3) is 5.89. The number of nitrogens with two attached hydrogens (primary N) is 1. The van der Waals surface area contributed by atoms with Gasteiger partial charge in [-0.15, -0.1) is 0 Å². The molecular formula is C22H36N2O5Si. The summed E-state index contributed by atoms with van der Waals surface area (Å²) in [5, 5.41) is 0. The molecule has 0 aromatic heterocycles. The van der Waals surface area contributed by atoms with Crippen molar-refractivity contribution in [3.63, 3.8) is 0 Å². The highest BCUT2D eigenvalue weighted by molar-refractivity contribution is 6.76. The van der Waals surface area contributed by atoms with E-state index in [4.69, 9.17) is 24.7 Å². The largest absolute Gasteiger partial charge is 0.487 e. The van der Waals surface area contributed by atoms with Crippen molar-refractivity contribution in [3.05, 3.63) is 23.3 Å². The molecule has 1 amide bonds. The van der Waals surface area contributed by atoms with E-state index >= 15 is 0 Å². The fourth-order valence-electron chi connectivity index (χ4n) is 3.72. The van der Waals surface area contributed by atoms with Gasteiger partial charge in [0.05, 0.1) is 26.4 Å². The highest BCUT2D eigenvalue weighted by atomic mass is 28.3. The van der Waals surface area contributed by atoms with E-state index in [1.165, 1.54) is 4.90 Å². The normalized spacial score (nSPS) is 22.9. The monoisotopic (exact) mass is 436 g/mol. The first-order chi connectivity index (χ1) is 13.9. The number of rotatable bonds is 6. The lowest BCUT2D eigenvalue weighted by molar-refractivity contribution is -0.191. The van der Waals surface area contributed by atoms with Crippen molar-refractivity contribution in [1.82, 2.24) is 4.90 Å². The molecule has 2 aliphatic heterocycles. The first kappa shape index (κ1) is 22.9. The van der Waals surface area contributed by atoms with Crippen molar-refractivity contribution in [2.75, 3.05) is 39.1 Å². The number of carbonyl (C=O) groups excluding carboxylic acids is 1. The second-order valence-corrected chi connectivity index (χ2v) is 15.8. The lowest BCUT2D eigenvalue weighted by Gasteiger charge is -2.32. The van der Waals surface area contributed by atoms with Gasteiger partial charge in [-0.3, -0.25) is 0 Å². The predicted molar refractivity (Wildman–Crippen MR) is 120 cm³/mol. The summed E-state index contributed by atoms with van der Waals surface area (Å²) in [6.07, 6.45) is 0.0410. The Hall–Kier alpha value is -1.77. The van der Waals surface area contributed by atoms with Gasteiger partial charge in [0.2, 0.25) is 0 Å². The van der Waals surface area contributed by atoms with Crippen LogP contribution in [0.4, 0.5) is 10.5 Å². The summed E-state index contributed by atoms with van der Waals surface area (Å²) in [6, 6.07) is 4.99. The minimum absolute atomic E-state index is 0.0351. The van der Waals surface area contributed by atoms with Gasteiger partial charge in [0, 0.05) is 38.7 Å². The van der Waals surface area contributed by atoms with Crippen molar-refractivity contribution >= 4 is 19.9 Å². The Kier molecular flexibility index (Phi) is 6.69. The van der Waals surface area contributed by atoms with Crippen LogP contribution in [0.5, 0.6) is 5.75 Å². The highest BCUT2D eigenvalue weighted by Gasteiger charge is 2.33. The van der Waals surface area contributed by atoms with E-state index in [0.717, 1.165) is 35.0 Å². The number of ether oxygens (including phenoxy) is 4. The first-order valence-electron chi connectivity index (χ1n) is 10.7. The van der Waals surface area contributed by atoms with Gasteiger partial charge >= 0.3 is 6.09 Å². The van der Waals surface area contributed by atoms with Gasteiger partial charge in [0.15, 0.2) is 6.29 Å². The molecule has 7 nitrogen and oxygen atoms in total. The molecule has 2 heterocycles. The standard InChI is InChI=1S/C22H36N2O5Si/c1-22(2)11-15-9-18(23)17(10-19(15)29-22)16-13-27-20(28-14-16)12-24(3)21(25)26-7-8-30(4,5)6/h9-10,16,20H,7-8,11-14,23H2,1-6H3/t16-,20+. The third-order valence-electron chi connectivity index (χ3n) is 5.49. The number of hydrogen-bond donors (Lipinski definition) is 1. The summed E-state index contributed by atoms with van der Waals surface area (Å²) in [5.74, 6) is 0.931. The van der Waals surface area contributed by atoms with Crippen LogP contribution in [0.1, 0.15) is 30.9 Å². The summed E-state index contributed by atoms with van der Waals surface area (Å²) in [5.41, 5.74) is 8.99. The van der Waals surface area contributed by atoms with Crippen LogP contribution in [-0.2, 0) is 20.6 Å². The molecule has 30 heavy (non-hydrogen) atoms. The molecule has 2 aliphatic rings. The molecule has 0 aliphatic carbocycles. The molecule has 1 aromatic carbocycles. The molecule has 0 bridgehead atoms. The van der Waals surface area contributed by atoms with E-state index in [1.54, 1.807) is 7.05 Å². The Bertz CT molecular complexity index is 770. The number of likely N-dealkylation sites (N-methyl/N-ethyl adjacent to an activating group) is 1. The summed E-state index contributed by atoms with van der Waals surface area (Å²) in [4.78, 5) is 13.7. The third-order valence-corrected chi connectivity index (χ3v) is 7.19. The molecule has 2 N–H and O–H groups in total. The van der Waals surface area contributed by atoms with Gasteiger partial charge in [0.25, 0.3) is 0 Å². The Labute approximate surface area is 180 Å². The smallest absolute Gasteiger partial charge is 0.409 e. The molecule has 0 atom stereocenters. The minimum Gasteiger partial charge on any atom is -0.487 e. The van der Waals surface area contributed by atoms with E-state index in [-0.39, 0.29) is 17.6 Å². The van der Waals surface area contributed by atoms with Gasteiger partial charge in [-0.2, -0.15) is 0 Å². The van der Waals surface area contributed by atoms with E-state index < -0.39 is 14.4 Å². The van der Waals surface area contributed by atoms with Crippen molar-refractivity contribution in [1.29, 1.82) is 0 Å². The number of hydrogen-bond acceptors (Lipinski definition) is 6. The SMILES string of the molecule is CN(C[C@H]1OC[C@@H](c2cc3c(cc2N)CC(C)(C)O3)CO1)C(=O)OCC[Si](C)(C)C. The predicted octanol–water partition coefficient (Wildman–Crippen LogP) is 3.85. The molecule has 0 radical (unpaired) electrons. The molecule has 0 unspecified atom stereocenters. The van der Waals surface area contributed by atoms with Crippen LogP contribution in [0, 0.1) is 0 Å². The zero-order chi connectivity index (χ0) is 22.1. The highest BCUT2D eigenvalue weighted by Crippen LogP contribution is 2.40. The lowest BCUT2D eigenvalue weighted by Crippen LogP contribution is -2.41. The second kappa shape index (κ2) is 8.76. The van der Waals surface area contributed by atoms with E-state index in [0.29, 0.717) is 26.4 Å². The summed E-state index contributed by atoms with van der Waals surface area (Å²) in [6.45, 7) is 12.7. The Morgan fingerprint density at radius 2 is 1.93 bits per heavy atom. The summed E-state index contributed by atoms with van der Waals surface area (Å²) < 4.78 is 23.2. The number of benzene rings is 1. The van der Waals surface area contributed by atoms with E-state index in [2.05, 4.69) is 33.5 Å². The maximum absolute atomic E-state index is 12.2. The number of nitrogen functional groups attached to an aromatic ring is 1. The fourth-order valence-corrected chi connectivity index (χ4v) is 4.43. The average Bonchev–Trinajstić information content (AvgIpc) is 2.93. The van der Waals surface area contributed by atoms with Crippen LogP contribution in [-0.4, -0.2) is 64.4 Å². The molecule has 1 aromatic rings. The Morgan fingerprint density at radius 1 is 1.27 bits per heavy atom. The molecule has 8 heteroatoms. The van der Waals surface area contributed by atoms with Gasteiger partial charge in [-0.25, -0.2) is 4.79 Å². The summed E-state index contributed by atoms with van der Waals surface area (Å²) in [7, 11) is 0.477. The minimum atomic E-state index is -1.22. The Morgan fingerprint density at radius 3 is 2.57 bits per heavy atom. The number of carbonyl (C=O) groups is 1. The van der Waals surface area contributed by atoms with Crippen LogP contribution in [0.15, 0.2) is 12.1 Å². The van der Waals surface area contributed by atoms with Crippen LogP contribution in [0.2, 0.25) is 25.7 Å². The zero-order valence-corrected chi connectivity index (χ0v) is 20.1. The molecule has 1 saturated heterocycles. The maximum Gasteiger partial charge on any atom is 0.409 e. The van der Waals surface area contributed by atoms with Crippen LogP contribution in [0.25, 0.3) is 0 Å². The van der Waals surface area contributed by atoms with Crippen LogP contribution < -0.4 is 10.5 Å². The van der Waals surface area contributed by atoms with Crippen molar-refractivity contribution in [3.8, 4) is 5.75 Å². The second-order valence-electron chi connectivity index (χ2n) is 10.2. The molecule has 1 fully saturated rings. The molecular weight excluding hydrogens is 400 g/mol. The van der Waals surface area contributed by atoms with Gasteiger partial charge in [0.1, 0.15) is 11.4 Å². The quantitative estimate of drug-likeness (QED) is 0.539.